The van der Waals surface area contributed by atoms with Crippen LogP contribution >= 0.6 is 12.4 Å². The number of hydrogen-bond acceptors (Lipinski definition) is 3. The number of nitrogens with zero attached hydrogens (tertiary/aromatic N) is 1. The highest BCUT2D eigenvalue weighted by Gasteiger charge is 2.16. The monoisotopic (exact) mass is 279 g/mol. The molecule has 0 aliphatic carbocycles. The molecule has 2 aromatic rings. The van der Waals surface area contributed by atoms with Crippen LogP contribution in [-0.4, -0.2) is 22.7 Å². The smallest absolute Gasteiger partial charge is 0.329 e. The third kappa shape index (κ3) is 4.35. The normalized spacial score (nSPS) is 11.4. The van der Waals surface area contributed by atoms with Gasteiger partial charge in [-0.15, -0.1) is 12.4 Å². The molecule has 2 rings (SSSR count). The summed E-state index contributed by atoms with van der Waals surface area (Å²) in [6.45, 7) is -0.351. The molecule has 1 unspecified atom stereocenters. The zero-order chi connectivity index (χ0) is 12.8. The van der Waals surface area contributed by atoms with Gasteiger partial charge in [-0.1, -0.05) is 36.4 Å². The van der Waals surface area contributed by atoms with E-state index in [-0.39, 0.29) is 19.0 Å². The minimum Gasteiger partial charge on any atom is -0.480 e. The second kappa shape index (κ2) is 7.51. The number of aliphatic carboxylic acids is 1. The molecule has 0 spiro atoms. The van der Waals surface area contributed by atoms with Gasteiger partial charge in [0.05, 0.1) is 5.69 Å². The molecule has 0 bridgehead atoms. The van der Waals surface area contributed by atoms with Crippen LogP contribution in [0.15, 0.2) is 54.7 Å². The van der Waals surface area contributed by atoms with Crippen molar-refractivity contribution >= 4 is 18.4 Å². The summed E-state index contributed by atoms with van der Waals surface area (Å²) in [4.78, 5) is 14.8. The fourth-order valence-corrected chi connectivity index (χ4v) is 1.67. The minimum absolute atomic E-state index is 0. The van der Waals surface area contributed by atoms with Gasteiger partial charge in [0, 0.05) is 6.20 Å². The third-order valence-electron chi connectivity index (χ3n) is 2.43. The highest BCUT2D eigenvalue weighted by Crippen LogP contribution is 2.23. The first-order valence-electron chi connectivity index (χ1n) is 5.56. The number of rotatable bonds is 5. The Kier molecular flexibility index (Phi) is 5.99. The third-order valence-corrected chi connectivity index (χ3v) is 2.43. The van der Waals surface area contributed by atoms with E-state index in [0.29, 0.717) is 5.69 Å². The molecule has 0 fully saturated rings. The van der Waals surface area contributed by atoms with E-state index in [4.69, 9.17) is 9.84 Å². The molecule has 0 radical (unpaired) electrons. The highest BCUT2D eigenvalue weighted by atomic mass is 35.5. The van der Waals surface area contributed by atoms with Crippen molar-refractivity contribution in [3.63, 3.8) is 0 Å². The molecule has 0 amide bonds. The Hall–Kier alpha value is -1.91. The molecule has 0 saturated heterocycles. The van der Waals surface area contributed by atoms with Crippen LogP contribution in [0, 0.1) is 0 Å². The number of hydrogen-bond donors (Lipinski definition) is 1. The molecule has 0 saturated carbocycles. The number of carboxylic acid groups (broad SMARTS) is 1. The van der Waals surface area contributed by atoms with E-state index in [2.05, 4.69) is 4.98 Å². The molecule has 1 N–H and O–H groups in total. The van der Waals surface area contributed by atoms with Crippen LogP contribution in [0.3, 0.4) is 0 Å². The summed E-state index contributed by atoms with van der Waals surface area (Å²) in [6.07, 6.45) is 1.21. The Labute approximate surface area is 117 Å². The van der Waals surface area contributed by atoms with Gasteiger partial charge in [0.25, 0.3) is 0 Å². The first-order valence-corrected chi connectivity index (χ1v) is 5.56. The molecule has 0 aliphatic rings. The van der Waals surface area contributed by atoms with E-state index >= 15 is 0 Å². The van der Waals surface area contributed by atoms with E-state index in [0.717, 1.165) is 5.56 Å². The van der Waals surface area contributed by atoms with Crippen LogP contribution in [0.2, 0.25) is 0 Å². The average molecular weight is 280 g/mol. The van der Waals surface area contributed by atoms with Gasteiger partial charge in [0.1, 0.15) is 12.7 Å². The number of halogens is 1. The molecule has 100 valence electrons. The van der Waals surface area contributed by atoms with Crippen LogP contribution in [0.1, 0.15) is 17.4 Å². The summed E-state index contributed by atoms with van der Waals surface area (Å²) in [7, 11) is 0. The van der Waals surface area contributed by atoms with E-state index in [1.165, 1.54) is 0 Å². The lowest BCUT2D eigenvalue weighted by atomic mass is 10.1. The van der Waals surface area contributed by atoms with E-state index < -0.39 is 12.1 Å². The average Bonchev–Trinajstić information content (AvgIpc) is 2.41. The molecular weight excluding hydrogens is 266 g/mol. The molecule has 19 heavy (non-hydrogen) atoms. The first kappa shape index (κ1) is 15.1. The van der Waals surface area contributed by atoms with Crippen LogP contribution in [0.5, 0.6) is 0 Å². The van der Waals surface area contributed by atoms with Crippen LogP contribution in [-0.2, 0) is 9.53 Å². The maximum absolute atomic E-state index is 10.6. The number of ether oxygens (including phenoxy) is 1. The van der Waals surface area contributed by atoms with Crippen molar-refractivity contribution in [2.45, 2.75) is 6.10 Å². The predicted octanol–water partition coefficient (Wildman–Crippen LogP) is 2.69. The van der Waals surface area contributed by atoms with Crippen LogP contribution < -0.4 is 0 Å². The lowest BCUT2D eigenvalue weighted by molar-refractivity contribution is -0.143. The van der Waals surface area contributed by atoms with Crippen molar-refractivity contribution in [1.29, 1.82) is 0 Å². The lowest BCUT2D eigenvalue weighted by Crippen LogP contribution is -2.14. The number of aromatic nitrogens is 1. The van der Waals surface area contributed by atoms with Crippen LogP contribution in [0.25, 0.3) is 0 Å². The Morgan fingerprint density at radius 2 is 1.84 bits per heavy atom. The number of benzene rings is 1. The molecule has 1 aromatic carbocycles. The maximum atomic E-state index is 10.6. The first-order chi connectivity index (χ1) is 8.77. The van der Waals surface area contributed by atoms with Gasteiger partial charge >= 0.3 is 5.97 Å². The SMILES string of the molecule is Cl.O=C(O)COC(c1ccccc1)c1ccccn1. The van der Waals surface area contributed by atoms with Gasteiger partial charge in [-0.2, -0.15) is 0 Å². The zero-order valence-corrected chi connectivity index (χ0v) is 10.9. The van der Waals surface area contributed by atoms with Crippen molar-refractivity contribution in [1.82, 2.24) is 4.98 Å². The number of carbonyl (C=O) groups is 1. The fraction of sp³-hybridized carbons (Fsp3) is 0.143. The topological polar surface area (TPSA) is 59.4 Å². The van der Waals surface area contributed by atoms with E-state index in [1.807, 2.05) is 48.5 Å². The van der Waals surface area contributed by atoms with Gasteiger partial charge in [-0.25, -0.2) is 4.79 Å². The van der Waals surface area contributed by atoms with Crippen molar-refractivity contribution in [3.05, 3.63) is 66.0 Å². The largest absolute Gasteiger partial charge is 0.480 e. The Bertz CT molecular complexity index is 465. The summed E-state index contributed by atoms with van der Waals surface area (Å²) < 4.78 is 5.41. The van der Waals surface area contributed by atoms with Gasteiger partial charge in [-0.3, -0.25) is 4.98 Å². The quantitative estimate of drug-likeness (QED) is 0.914. The molecule has 1 atom stereocenters. The summed E-state index contributed by atoms with van der Waals surface area (Å²) in [5.74, 6) is -0.994. The van der Waals surface area contributed by atoms with E-state index in [1.54, 1.807) is 6.20 Å². The summed E-state index contributed by atoms with van der Waals surface area (Å²) in [5.41, 5.74) is 1.59. The van der Waals surface area contributed by atoms with Crippen molar-refractivity contribution < 1.29 is 14.6 Å². The standard InChI is InChI=1S/C14H13NO3.ClH/c16-13(17)10-18-14(11-6-2-1-3-7-11)12-8-4-5-9-15-12;/h1-9,14H,10H2,(H,16,17);1H. The number of pyridine rings is 1. The molecule has 1 heterocycles. The maximum Gasteiger partial charge on any atom is 0.329 e. The van der Waals surface area contributed by atoms with Crippen LogP contribution in [0.4, 0.5) is 0 Å². The van der Waals surface area contributed by atoms with Gasteiger partial charge in [0.15, 0.2) is 0 Å². The fourth-order valence-electron chi connectivity index (χ4n) is 1.67. The van der Waals surface area contributed by atoms with Crippen molar-refractivity contribution in [2.75, 3.05) is 6.61 Å². The summed E-state index contributed by atoms with van der Waals surface area (Å²) in [5, 5.41) is 8.71. The summed E-state index contributed by atoms with van der Waals surface area (Å²) >= 11 is 0. The molecule has 4 nitrogen and oxygen atoms in total. The Morgan fingerprint density at radius 1 is 1.16 bits per heavy atom. The molecular formula is C14H14ClNO3. The second-order valence-corrected chi connectivity index (χ2v) is 3.75. The van der Waals surface area contributed by atoms with Crippen molar-refractivity contribution in [3.8, 4) is 0 Å². The molecule has 1 aromatic heterocycles. The van der Waals surface area contributed by atoms with Gasteiger partial charge < -0.3 is 9.84 Å². The van der Waals surface area contributed by atoms with Gasteiger partial charge in [0.2, 0.25) is 0 Å². The highest BCUT2D eigenvalue weighted by molar-refractivity contribution is 5.85. The lowest BCUT2D eigenvalue weighted by Gasteiger charge is -2.16. The zero-order valence-electron chi connectivity index (χ0n) is 10.1. The Balaban J connectivity index is 0.00000180. The Morgan fingerprint density at radius 3 is 2.42 bits per heavy atom. The van der Waals surface area contributed by atoms with Crippen molar-refractivity contribution in [2.24, 2.45) is 0 Å². The molecule has 0 aliphatic heterocycles. The number of carboxylic acids is 1. The minimum atomic E-state index is -0.994. The predicted molar refractivity (Wildman–Crippen MR) is 73.4 cm³/mol. The summed E-state index contributed by atoms with van der Waals surface area (Å²) in [6, 6.07) is 14.9. The van der Waals surface area contributed by atoms with Gasteiger partial charge in [-0.05, 0) is 17.7 Å². The van der Waals surface area contributed by atoms with E-state index in [9.17, 15) is 4.79 Å². The molecule has 5 heteroatoms. The second-order valence-electron chi connectivity index (χ2n) is 3.75.